The van der Waals surface area contributed by atoms with Gasteiger partial charge in [-0.2, -0.15) is 0 Å². The van der Waals surface area contributed by atoms with Crippen LogP contribution < -0.4 is 0 Å². The Bertz CT molecular complexity index is 2660. The monoisotopic (exact) mass is 601 g/mol. The highest BCUT2D eigenvalue weighted by atomic mass is 32.2. The SMILES string of the molecule is c1ccc(-n2c3ccccc3c3c4ccc(-c5cccc(-c6ccc7c8c(cccc68)-c6ccccc6S7)c5)cc4ccc32)cc1. The van der Waals surface area contributed by atoms with Gasteiger partial charge in [0.25, 0.3) is 0 Å². The quantitative estimate of drug-likeness (QED) is 0.195. The van der Waals surface area contributed by atoms with E-state index in [-0.39, 0.29) is 0 Å². The maximum absolute atomic E-state index is 2.39. The Morgan fingerprint density at radius 2 is 1.13 bits per heavy atom. The molecule has 0 saturated carbocycles. The van der Waals surface area contributed by atoms with E-state index in [4.69, 9.17) is 0 Å². The fourth-order valence-electron chi connectivity index (χ4n) is 7.53. The molecule has 0 saturated heterocycles. The molecule has 46 heavy (non-hydrogen) atoms. The molecule has 214 valence electrons. The van der Waals surface area contributed by atoms with Crippen molar-refractivity contribution in [1.82, 2.24) is 4.57 Å². The predicted molar refractivity (Wildman–Crippen MR) is 196 cm³/mol. The van der Waals surface area contributed by atoms with Gasteiger partial charge in [0.15, 0.2) is 0 Å². The molecule has 0 atom stereocenters. The van der Waals surface area contributed by atoms with E-state index in [1.165, 1.54) is 92.2 Å². The van der Waals surface area contributed by atoms with Crippen LogP contribution in [0.5, 0.6) is 0 Å². The largest absolute Gasteiger partial charge is 0.309 e. The van der Waals surface area contributed by atoms with E-state index in [1.54, 1.807) is 0 Å². The molecule has 2 heterocycles. The van der Waals surface area contributed by atoms with Crippen LogP contribution in [0.4, 0.5) is 0 Å². The first-order valence-electron chi connectivity index (χ1n) is 15.8. The van der Waals surface area contributed by atoms with Crippen LogP contribution in [0.15, 0.2) is 174 Å². The highest BCUT2D eigenvalue weighted by Gasteiger charge is 2.20. The Kier molecular flexibility index (Phi) is 5.58. The summed E-state index contributed by atoms with van der Waals surface area (Å²) in [7, 11) is 0. The number of benzene rings is 8. The molecule has 0 fully saturated rings. The lowest BCUT2D eigenvalue weighted by Crippen LogP contribution is -1.94. The third kappa shape index (κ3) is 3.77. The van der Waals surface area contributed by atoms with Crippen molar-refractivity contribution in [2.24, 2.45) is 0 Å². The van der Waals surface area contributed by atoms with Gasteiger partial charge in [0, 0.05) is 31.6 Å². The van der Waals surface area contributed by atoms with E-state index >= 15 is 0 Å². The lowest BCUT2D eigenvalue weighted by atomic mass is 9.91. The van der Waals surface area contributed by atoms with Crippen LogP contribution >= 0.6 is 11.8 Å². The summed E-state index contributed by atoms with van der Waals surface area (Å²) < 4.78 is 2.39. The number of nitrogens with zero attached hydrogens (tertiary/aromatic N) is 1. The molecule has 0 unspecified atom stereocenters. The zero-order chi connectivity index (χ0) is 30.2. The maximum atomic E-state index is 2.39. The summed E-state index contributed by atoms with van der Waals surface area (Å²) in [5.41, 5.74) is 11.3. The van der Waals surface area contributed by atoms with E-state index in [1.807, 2.05) is 11.8 Å². The molecule has 9 aromatic rings. The molecular weight excluding hydrogens is 575 g/mol. The Balaban J connectivity index is 1.12. The molecule has 0 bridgehead atoms. The second kappa shape index (κ2) is 9.97. The summed E-state index contributed by atoms with van der Waals surface area (Å²) in [6, 6.07) is 60.2. The third-order valence-corrected chi connectivity index (χ3v) is 10.7. The van der Waals surface area contributed by atoms with E-state index in [0.29, 0.717) is 0 Å². The van der Waals surface area contributed by atoms with Gasteiger partial charge >= 0.3 is 0 Å². The fraction of sp³-hybridized carbons (Fsp3) is 0. The number of para-hydroxylation sites is 2. The molecule has 1 aliphatic rings. The van der Waals surface area contributed by atoms with Crippen LogP contribution in [0.3, 0.4) is 0 Å². The van der Waals surface area contributed by atoms with Crippen LogP contribution in [0.25, 0.3) is 82.4 Å². The van der Waals surface area contributed by atoms with E-state index in [9.17, 15) is 0 Å². The second-order valence-corrected chi connectivity index (χ2v) is 13.2. The van der Waals surface area contributed by atoms with Crippen molar-refractivity contribution in [3.05, 3.63) is 164 Å². The van der Waals surface area contributed by atoms with Gasteiger partial charge in [-0.1, -0.05) is 127 Å². The first-order chi connectivity index (χ1) is 22.8. The number of hydrogen-bond donors (Lipinski definition) is 0. The summed E-state index contributed by atoms with van der Waals surface area (Å²) in [6.07, 6.45) is 0. The van der Waals surface area contributed by atoms with Crippen LogP contribution in [-0.4, -0.2) is 4.57 Å². The fourth-order valence-corrected chi connectivity index (χ4v) is 8.66. The number of hydrogen-bond acceptors (Lipinski definition) is 1. The summed E-state index contributed by atoms with van der Waals surface area (Å²) in [5, 5.41) is 7.79. The first kappa shape index (κ1) is 25.7. The van der Waals surface area contributed by atoms with Gasteiger partial charge in [-0.25, -0.2) is 0 Å². The Hall–Kier alpha value is -5.57. The van der Waals surface area contributed by atoms with E-state index in [0.717, 1.165) is 0 Å². The molecule has 1 aromatic heterocycles. The van der Waals surface area contributed by atoms with Crippen molar-refractivity contribution in [1.29, 1.82) is 0 Å². The molecule has 8 aromatic carbocycles. The minimum absolute atomic E-state index is 1.18. The van der Waals surface area contributed by atoms with Crippen molar-refractivity contribution in [3.8, 4) is 39.1 Å². The van der Waals surface area contributed by atoms with Crippen molar-refractivity contribution in [2.45, 2.75) is 9.79 Å². The number of rotatable bonds is 3. The van der Waals surface area contributed by atoms with E-state index < -0.39 is 0 Å². The van der Waals surface area contributed by atoms with Crippen LogP contribution in [0.2, 0.25) is 0 Å². The molecule has 0 amide bonds. The van der Waals surface area contributed by atoms with Gasteiger partial charge in [0.2, 0.25) is 0 Å². The van der Waals surface area contributed by atoms with Gasteiger partial charge in [0.1, 0.15) is 0 Å². The highest BCUT2D eigenvalue weighted by molar-refractivity contribution is 7.99. The zero-order valence-electron chi connectivity index (χ0n) is 24.9. The molecule has 0 radical (unpaired) electrons. The number of fused-ring (bicyclic) bond motifs is 7. The zero-order valence-corrected chi connectivity index (χ0v) is 25.8. The minimum Gasteiger partial charge on any atom is -0.309 e. The van der Waals surface area contributed by atoms with Gasteiger partial charge in [-0.3, -0.25) is 0 Å². The Morgan fingerprint density at radius 1 is 0.370 bits per heavy atom. The summed E-state index contributed by atoms with van der Waals surface area (Å²) in [5.74, 6) is 0. The second-order valence-electron chi connectivity index (χ2n) is 12.1. The Labute approximate surface area is 271 Å². The van der Waals surface area contributed by atoms with Crippen LogP contribution in [0.1, 0.15) is 0 Å². The molecule has 0 spiro atoms. The van der Waals surface area contributed by atoms with E-state index in [2.05, 4.69) is 168 Å². The normalized spacial score (nSPS) is 12.3. The Morgan fingerprint density at radius 3 is 2.09 bits per heavy atom. The highest BCUT2D eigenvalue weighted by Crippen LogP contribution is 2.49. The first-order valence-corrected chi connectivity index (χ1v) is 16.6. The van der Waals surface area contributed by atoms with Gasteiger partial charge in [0.05, 0.1) is 11.0 Å². The molecule has 0 N–H and O–H groups in total. The van der Waals surface area contributed by atoms with Crippen LogP contribution in [-0.2, 0) is 0 Å². The maximum Gasteiger partial charge on any atom is 0.0547 e. The standard InChI is InChI=1S/C44H27NS/c1-2-12-32(13-3-1)45-39-18-6-4-15-38(39)43-34-22-20-29(27-31(34)21-24-40(43)45)28-10-8-11-30(26-28)33-23-25-42-44-36(33)16-9-17-37(44)35-14-5-7-19-41(35)46-42/h1-27H. The molecule has 1 aliphatic heterocycles. The van der Waals surface area contributed by atoms with Gasteiger partial charge in [-0.05, 0) is 98.1 Å². The molecule has 0 aliphatic carbocycles. The average molecular weight is 602 g/mol. The lowest BCUT2D eigenvalue weighted by Gasteiger charge is -2.21. The summed E-state index contributed by atoms with van der Waals surface area (Å²) in [4.78, 5) is 2.66. The van der Waals surface area contributed by atoms with Crippen molar-refractivity contribution in [3.63, 3.8) is 0 Å². The predicted octanol–water partition coefficient (Wildman–Crippen LogP) is 12.6. The van der Waals surface area contributed by atoms with Crippen molar-refractivity contribution < 1.29 is 0 Å². The third-order valence-electron chi connectivity index (χ3n) is 9.57. The van der Waals surface area contributed by atoms with Crippen molar-refractivity contribution in [2.75, 3.05) is 0 Å². The smallest absolute Gasteiger partial charge is 0.0547 e. The van der Waals surface area contributed by atoms with Crippen LogP contribution in [0, 0.1) is 0 Å². The summed E-state index contributed by atoms with van der Waals surface area (Å²) in [6.45, 7) is 0. The molecule has 10 rings (SSSR count). The van der Waals surface area contributed by atoms with Gasteiger partial charge in [-0.15, -0.1) is 0 Å². The topological polar surface area (TPSA) is 4.93 Å². The number of aromatic nitrogens is 1. The minimum atomic E-state index is 1.18. The van der Waals surface area contributed by atoms with Crippen molar-refractivity contribution >= 4 is 55.1 Å². The average Bonchev–Trinajstić information content (AvgIpc) is 3.47. The lowest BCUT2D eigenvalue weighted by molar-refractivity contribution is 1.18. The molecular formula is C44H27NS. The molecule has 1 nitrogen and oxygen atoms in total. The summed E-state index contributed by atoms with van der Waals surface area (Å²) >= 11 is 1.88. The van der Waals surface area contributed by atoms with Gasteiger partial charge < -0.3 is 4.57 Å². The molecule has 2 heteroatoms.